The summed E-state index contributed by atoms with van der Waals surface area (Å²) in [6.45, 7) is 23.1. The number of hydrogen-bond acceptors (Lipinski definition) is 1. The molecule has 0 aliphatic carbocycles. The molecule has 19 heavy (non-hydrogen) atoms. The smallest absolute Gasteiger partial charge is 0.0337 e. The van der Waals surface area contributed by atoms with Crippen LogP contribution in [0.5, 0.6) is 0 Å². The molecule has 0 bridgehead atoms. The van der Waals surface area contributed by atoms with Crippen molar-refractivity contribution in [3.8, 4) is 0 Å². The van der Waals surface area contributed by atoms with Gasteiger partial charge in [0, 0.05) is 17.0 Å². The molecular weight excluding hydrogens is 254 g/mol. The molecule has 0 aromatic heterocycles. The van der Waals surface area contributed by atoms with Crippen molar-refractivity contribution < 1.29 is 0 Å². The second kappa shape index (κ2) is 13.9. The van der Waals surface area contributed by atoms with Crippen LogP contribution < -0.4 is 5.32 Å². The van der Waals surface area contributed by atoms with E-state index in [-0.39, 0.29) is 5.41 Å². The summed E-state index contributed by atoms with van der Waals surface area (Å²) in [4.78, 5) is 0. The fourth-order valence-electron chi connectivity index (χ4n) is 1.59. The largest absolute Gasteiger partial charge is 0.319 e. The van der Waals surface area contributed by atoms with Crippen molar-refractivity contribution >= 4 is 11.6 Å². The van der Waals surface area contributed by atoms with Gasteiger partial charge >= 0.3 is 0 Å². The Balaban J connectivity index is -0.000000445. The van der Waals surface area contributed by atoms with E-state index in [1.54, 1.807) is 0 Å². The van der Waals surface area contributed by atoms with Crippen LogP contribution in [0.1, 0.15) is 54.9 Å². The van der Waals surface area contributed by atoms with Crippen molar-refractivity contribution in [3.05, 3.63) is 35.4 Å². The SMILES string of the molecule is C=C(Cl)/C=C(\C(=C)C)C(C)(C)CNC.CC.CCC. The quantitative estimate of drug-likeness (QED) is 0.618. The summed E-state index contributed by atoms with van der Waals surface area (Å²) in [5, 5.41) is 3.71. The third-order valence-corrected chi connectivity index (χ3v) is 2.22. The Hall–Kier alpha value is -0.530. The average molecular weight is 288 g/mol. The van der Waals surface area contributed by atoms with Crippen molar-refractivity contribution in [1.29, 1.82) is 0 Å². The summed E-state index contributed by atoms with van der Waals surface area (Å²) >= 11 is 5.79. The Morgan fingerprint density at radius 1 is 1.21 bits per heavy atom. The van der Waals surface area contributed by atoms with Crippen LogP contribution in [-0.2, 0) is 0 Å². The van der Waals surface area contributed by atoms with Crippen molar-refractivity contribution in [3.63, 3.8) is 0 Å². The van der Waals surface area contributed by atoms with Crippen molar-refractivity contribution in [2.75, 3.05) is 13.6 Å². The van der Waals surface area contributed by atoms with Crippen LogP contribution in [0.25, 0.3) is 0 Å². The van der Waals surface area contributed by atoms with Gasteiger partial charge in [0.15, 0.2) is 0 Å². The first-order chi connectivity index (χ1) is 8.72. The van der Waals surface area contributed by atoms with Gasteiger partial charge in [0.1, 0.15) is 0 Å². The van der Waals surface area contributed by atoms with Gasteiger partial charge in [-0.05, 0) is 25.6 Å². The van der Waals surface area contributed by atoms with Gasteiger partial charge in [-0.3, -0.25) is 0 Å². The minimum absolute atomic E-state index is 0.0262. The normalized spacial score (nSPS) is 10.7. The molecule has 0 aliphatic heterocycles. The van der Waals surface area contributed by atoms with E-state index >= 15 is 0 Å². The van der Waals surface area contributed by atoms with Crippen molar-refractivity contribution in [2.24, 2.45) is 5.41 Å². The lowest BCUT2D eigenvalue weighted by Crippen LogP contribution is -2.29. The molecular formula is C17H34ClN. The lowest BCUT2D eigenvalue weighted by atomic mass is 9.80. The van der Waals surface area contributed by atoms with Gasteiger partial charge in [0.2, 0.25) is 0 Å². The van der Waals surface area contributed by atoms with E-state index in [0.717, 1.165) is 17.7 Å². The van der Waals surface area contributed by atoms with Gasteiger partial charge in [0.25, 0.3) is 0 Å². The zero-order valence-corrected chi connectivity index (χ0v) is 15.0. The van der Waals surface area contributed by atoms with E-state index in [9.17, 15) is 0 Å². The molecule has 2 heteroatoms. The van der Waals surface area contributed by atoms with Gasteiger partial charge in [-0.25, -0.2) is 0 Å². The fourth-order valence-corrected chi connectivity index (χ4v) is 1.70. The van der Waals surface area contributed by atoms with Gasteiger partial charge in [-0.2, -0.15) is 0 Å². The molecule has 0 saturated heterocycles. The van der Waals surface area contributed by atoms with Crippen molar-refractivity contribution in [1.82, 2.24) is 5.32 Å². The van der Waals surface area contributed by atoms with Crippen LogP contribution in [0, 0.1) is 5.41 Å². The molecule has 114 valence electrons. The van der Waals surface area contributed by atoms with Crippen LogP contribution in [0.15, 0.2) is 35.4 Å². The standard InChI is InChI=1S/C12H20ClN.C3H8.C2H6/c1-9(2)11(7-10(3)13)12(4,5)8-14-6;1-3-2;1-2/h7,14H,1,3,8H2,2,4-6H3;3H2,1-2H3;1-2H3/b11-7+;;. The highest BCUT2D eigenvalue weighted by Crippen LogP contribution is 2.31. The maximum absolute atomic E-state index is 5.79. The Morgan fingerprint density at radius 3 is 1.79 bits per heavy atom. The second-order valence-electron chi connectivity index (χ2n) is 4.91. The number of allylic oxidation sites excluding steroid dienone is 3. The predicted molar refractivity (Wildman–Crippen MR) is 92.9 cm³/mol. The molecule has 0 aromatic carbocycles. The van der Waals surface area contributed by atoms with Gasteiger partial charge < -0.3 is 5.32 Å². The van der Waals surface area contributed by atoms with Crippen LogP contribution >= 0.6 is 11.6 Å². The molecule has 1 nitrogen and oxygen atoms in total. The topological polar surface area (TPSA) is 12.0 Å². The minimum Gasteiger partial charge on any atom is -0.319 e. The summed E-state index contributed by atoms with van der Waals surface area (Å²) in [5.41, 5.74) is 2.21. The summed E-state index contributed by atoms with van der Waals surface area (Å²) in [6.07, 6.45) is 3.14. The first-order valence-electron chi connectivity index (χ1n) is 7.09. The molecule has 0 spiro atoms. The van der Waals surface area contributed by atoms with Crippen LogP contribution in [0.3, 0.4) is 0 Å². The minimum atomic E-state index is 0.0262. The Morgan fingerprint density at radius 2 is 1.58 bits per heavy atom. The van der Waals surface area contributed by atoms with Crippen LogP contribution in [0.2, 0.25) is 0 Å². The highest BCUT2D eigenvalue weighted by Gasteiger charge is 2.22. The molecule has 0 amide bonds. The lowest BCUT2D eigenvalue weighted by molar-refractivity contribution is 0.430. The molecule has 0 heterocycles. The van der Waals surface area contributed by atoms with Crippen molar-refractivity contribution in [2.45, 2.75) is 54.9 Å². The summed E-state index contributed by atoms with van der Waals surface area (Å²) < 4.78 is 0. The van der Waals surface area contributed by atoms with E-state index in [1.807, 2.05) is 33.9 Å². The molecule has 0 radical (unpaired) electrons. The maximum Gasteiger partial charge on any atom is 0.0337 e. The average Bonchev–Trinajstić information content (AvgIpc) is 2.29. The first-order valence-corrected chi connectivity index (χ1v) is 7.47. The summed E-state index contributed by atoms with van der Waals surface area (Å²) in [6, 6.07) is 0. The number of halogens is 1. The first kappa shape index (κ1) is 23.6. The predicted octanol–water partition coefficient (Wildman–Crippen LogP) is 5.93. The van der Waals surface area contributed by atoms with E-state index in [1.165, 1.54) is 6.42 Å². The summed E-state index contributed by atoms with van der Waals surface area (Å²) in [5.74, 6) is 0. The van der Waals surface area contributed by atoms with Gasteiger partial charge in [0.05, 0.1) is 0 Å². The molecule has 0 saturated carbocycles. The third kappa shape index (κ3) is 13.7. The van der Waals surface area contributed by atoms with Gasteiger partial charge in [-0.15, -0.1) is 0 Å². The van der Waals surface area contributed by atoms with E-state index in [0.29, 0.717) is 5.03 Å². The zero-order valence-electron chi connectivity index (χ0n) is 14.3. The molecule has 0 aliphatic rings. The molecule has 0 fully saturated rings. The molecule has 0 rings (SSSR count). The van der Waals surface area contributed by atoms with Crippen LogP contribution in [0.4, 0.5) is 0 Å². The Kier molecular flexibility index (Phi) is 17.2. The monoisotopic (exact) mass is 287 g/mol. The second-order valence-corrected chi connectivity index (χ2v) is 5.39. The highest BCUT2D eigenvalue weighted by atomic mass is 35.5. The Bertz CT molecular complexity index is 275. The van der Waals surface area contributed by atoms with E-state index in [4.69, 9.17) is 11.6 Å². The highest BCUT2D eigenvalue weighted by molar-refractivity contribution is 6.30. The zero-order chi connectivity index (χ0) is 16.1. The maximum atomic E-state index is 5.79. The number of hydrogen-bond donors (Lipinski definition) is 1. The number of nitrogens with one attached hydrogen (secondary N) is 1. The fraction of sp³-hybridized carbons (Fsp3) is 0.647. The number of rotatable bonds is 5. The molecule has 1 N–H and O–H groups in total. The molecule has 0 atom stereocenters. The summed E-state index contributed by atoms with van der Waals surface area (Å²) in [7, 11) is 1.94. The molecule has 0 unspecified atom stereocenters. The van der Waals surface area contributed by atoms with Gasteiger partial charge in [-0.1, -0.05) is 78.3 Å². The van der Waals surface area contributed by atoms with E-state index in [2.05, 4.69) is 46.2 Å². The third-order valence-electron chi connectivity index (χ3n) is 2.11. The molecule has 0 aromatic rings. The lowest BCUT2D eigenvalue weighted by Gasteiger charge is -2.28. The van der Waals surface area contributed by atoms with Crippen LogP contribution in [-0.4, -0.2) is 13.6 Å². The Labute approximate surface area is 126 Å². The van der Waals surface area contributed by atoms with E-state index < -0.39 is 0 Å².